The quantitative estimate of drug-likeness (QED) is 0.277. The third kappa shape index (κ3) is 4.95. The van der Waals surface area contributed by atoms with Gasteiger partial charge in [-0.25, -0.2) is 0 Å². The molecule has 4 rings (SSSR count). The fourth-order valence-electron chi connectivity index (χ4n) is 3.02. The zero-order valence-electron chi connectivity index (χ0n) is 16.5. The van der Waals surface area contributed by atoms with Crippen molar-refractivity contribution < 1.29 is 9.59 Å². The Hall–Kier alpha value is -2.74. The van der Waals surface area contributed by atoms with Crippen LogP contribution in [0.2, 0.25) is 0 Å². The van der Waals surface area contributed by atoms with Crippen LogP contribution in [0.25, 0.3) is 6.08 Å². The maximum Gasteiger partial charge on any atom is 0.270 e. The molecule has 1 fully saturated rings. The van der Waals surface area contributed by atoms with E-state index < -0.39 is 11.8 Å². The summed E-state index contributed by atoms with van der Waals surface area (Å²) < 4.78 is 0.884. The van der Waals surface area contributed by atoms with Crippen molar-refractivity contribution >= 4 is 68.6 Å². The summed E-state index contributed by atoms with van der Waals surface area (Å²) in [6.07, 6.45) is 1.59. The van der Waals surface area contributed by atoms with Crippen molar-refractivity contribution in [3.63, 3.8) is 0 Å². The molecule has 0 unspecified atom stereocenters. The average molecular weight is 509 g/mol. The van der Waals surface area contributed by atoms with E-state index in [1.807, 2.05) is 36.4 Å². The minimum Gasteiger partial charge on any atom is -0.298 e. The molecular formula is C24H17BrN2O2S2. The van der Waals surface area contributed by atoms with Gasteiger partial charge in [0, 0.05) is 14.3 Å². The SMILES string of the molecule is Cc1ccc(Sc2ccc(/C=C3\C(=O)NC(=S)N(c4ccc(Br)cc4)C3=O)cc2)cc1. The van der Waals surface area contributed by atoms with E-state index in [4.69, 9.17) is 12.2 Å². The molecule has 31 heavy (non-hydrogen) atoms. The summed E-state index contributed by atoms with van der Waals surface area (Å²) in [7, 11) is 0. The minimum atomic E-state index is -0.499. The number of thiocarbonyl (C=S) groups is 1. The second-order valence-electron chi connectivity index (χ2n) is 6.92. The van der Waals surface area contributed by atoms with E-state index >= 15 is 0 Å². The lowest BCUT2D eigenvalue weighted by Gasteiger charge is -2.29. The highest BCUT2D eigenvalue weighted by Crippen LogP contribution is 2.29. The third-order valence-electron chi connectivity index (χ3n) is 4.63. The first-order chi connectivity index (χ1) is 14.9. The van der Waals surface area contributed by atoms with Crippen molar-refractivity contribution in [3.8, 4) is 0 Å². The number of hydrogen-bond acceptors (Lipinski definition) is 4. The molecule has 154 valence electrons. The van der Waals surface area contributed by atoms with Crippen LogP contribution in [0.1, 0.15) is 11.1 Å². The summed E-state index contributed by atoms with van der Waals surface area (Å²) in [5, 5.41) is 2.67. The van der Waals surface area contributed by atoms with Gasteiger partial charge >= 0.3 is 0 Å². The molecule has 0 radical (unpaired) electrons. The Morgan fingerprint density at radius 3 is 2.10 bits per heavy atom. The van der Waals surface area contributed by atoms with Gasteiger partial charge in [-0.05, 0) is 79.3 Å². The van der Waals surface area contributed by atoms with E-state index in [-0.39, 0.29) is 10.7 Å². The van der Waals surface area contributed by atoms with Crippen LogP contribution in [0.5, 0.6) is 0 Å². The number of nitrogens with zero attached hydrogens (tertiary/aromatic N) is 1. The number of hydrogen-bond donors (Lipinski definition) is 1. The number of nitrogens with one attached hydrogen (secondary N) is 1. The molecular weight excluding hydrogens is 492 g/mol. The topological polar surface area (TPSA) is 49.4 Å². The van der Waals surface area contributed by atoms with Gasteiger partial charge in [-0.3, -0.25) is 19.8 Å². The van der Waals surface area contributed by atoms with Gasteiger partial charge in [-0.15, -0.1) is 0 Å². The molecule has 2 amide bonds. The van der Waals surface area contributed by atoms with Gasteiger partial charge in [0.2, 0.25) is 0 Å². The number of rotatable bonds is 4. The molecule has 1 saturated heterocycles. The highest BCUT2D eigenvalue weighted by molar-refractivity contribution is 9.10. The summed E-state index contributed by atoms with van der Waals surface area (Å²) in [5.74, 6) is -0.948. The molecule has 0 spiro atoms. The number of carbonyl (C=O) groups is 2. The molecule has 0 bridgehead atoms. The van der Waals surface area contributed by atoms with Gasteiger partial charge in [0.25, 0.3) is 11.8 Å². The van der Waals surface area contributed by atoms with Crippen molar-refractivity contribution in [2.24, 2.45) is 0 Å². The Kier molecular flexibility index (Phi) is 6.36. The van der Waals surface area contributed by atoms with Gasteiger partial charge in [0.1, 0.15) is 5.57 Å². The van der Waals surface area contributed by atoms with Crippen molar-refractivity contribution in [1.82, 2.24) is 5.32 Å². The summed E-state index contributed by atoms with van der Waals surface area (Å²) in [4.78, 5) is 29.1. The summed E-state index contributed by atoms with van der Waals surface area (Å²) in [6.45, 7) is 2.06. The molecule has 0 aliphatic carbocycles. The number of anilines is 1. The highest BCUT2D eigenvalue weighted by Gasteiger charge is 2.34. The Labute approximate surface area is 198 Å². The van der Waals surface area contributed by atoms with Crippen LogP contribution in [0.4, 0.5) is 5.69 Å². The van der Waals surface area contributed by atoms with Crippen LogP contribution >= 0.6 is 39.9 Å². The van der Waals surface area contributed by atoms with Crippen molar-refractivity contribution in [2.45, 2.75) is 16.7 Å². The summed E-state index contributed by atoms with van der Waals surface area (Å²) >= 11 is 10.3. The molecule has 1 aliphatic rings. The molecule has 3 aromatic rings. The fourth-order valence-corrected chi connectivity index (χ4v) is 4.39. The molecule has 3 aromatic carbocycles. The minimum absolute atomic E-state index is 0.0375. The second kappa shape index (κ2) is 9.18. The first-order valence-electron chi connectivity index (χ1n) is 9.42. The monoisotopic (exact) mass is 508 g/mol. The highest BCUT2D eigenvalue weighted by atomic mass is 79.9. The predicted octanol–water partition coefficient (Wildman–Crippen LogP) is 5.74. The molecule has 0 aromatic heterocycles. The van der Waals surface area contributed by atoms with Crippen LogP contribution in [0.15, 0.2) is 92.6 Å². The Balaban J connectivity index is 1.57. The maximum atomic E-state index is 13.1. The maximum absolute atomic E-state index is 13.1. The van der Waals surface area contributed by atoms with Crippen molar-refractivity contribution in [1.29, 1.82) is 0 Å². The van der Waals surface area contributed by atoms with E-state index in [1.54, 1.807) is 30.0 Å². The van der Waals surface area contributed by atoms with Crippen LogP contribution in [-0.2, 0) is 9.59 Å². The molecule has 1 N–H and O–H groups in total. The molecule has 1 heterocycles. The molecule has 4 nitrogen and oxygen atoms in total. The normalized spacial score (nSPS) is 15.4. The van der Waals surface area contributed by atoms with Gasteiger partial charge in [-0.1, -0.05) is 57.5 Å². The van der Waals surface area contributed by atoms with Crippen LogP contribution in [0.3, 0.4) is 0 Å². The summed E-state index contributed by atoms with van der Waals surface area (Å²) in [6, 6.07) is 23.2. The predicted molar refractivity (Wildman–Crippen MR) is 132 cm³/mol. The van der Waals surface area contributed by atoms with Crippen molar-refractivity contribution in [2.75, 3.05) is 4.90 Å². The Bertz CT molecular complexity index is 1190. The first-order valence-corrected chi connectivity index (χ1v) is 11.4. The van der Waals surface area contributed by atoms with Gasteiger partial charge in [0.15, 0.2) is 5.11 Å². The largest absolute Gasteiger partial charge is 0.298 e. The number of carbonyl (C=O) groups excluding carboxylic acids is 2. The number of aryl methyl sites for hydroxylation is 1. The average Bonchev–Trinajstić information content (AvgIpc) is 2.75. The van der Waals surface area contributed by atoms with E-state index in [9.17, 15) is 9.59 Å². The number of halogens is 1. The van der Waals surface area contributed by atoms with Gasteiger partial charge in [-0.2, -0.15) is 0 Å². The fraction of sp³-hybridized carbons (Fsp3) is 0.0417. The molecule has 0 atom stereocenters. The van der Waals surface area contributed by atoms with Crippen LogP contribution in [0, 0.1) is 6.92 Å². The first kappa shape index (κ1) is 21.5. The molecule has 1 aliphatic heterocycles. The van der Waals surface area contributed by atoms with Crippen LogP contribution < -0.4 is 10.2 Å². The summed E-state index contributed by atoms with van der Waals surface area (Å²) in [5.41, 5.74) is 2.61. The second-order valence-corrected chi connectivity index (χ2v) is 9.37. The lowest BCUT2D eigenvalue weighted by Crippen LogP contribution is -2.54. The van der Waals surface area contributed by atoms with E-state index in [2.05, 4.69) is 52.4 Å². The third-order valence-corrected chi connectivity index (χ3v) is 6.46. The lowest BCUT2D eigenvalue weighted by atomic mass is 10.1. The standard InChI is InChI=1S/C24H17BrN2O2S2/c1-15-2-10-19(11-3-15)31-20-12-4-16(5-13-20)14-21-22(28)26-24(30)27(23(21)29)18-8-6-17(25)7-9-18/h2-14H,1H3,(H,26,28,30)/b21-14+. The van der Waals surface area contributed by atoms with E-state index in [0.29, 0.717) is 5.69 Å². The molecule has 7 heteroatoms. The Morgan fingerprint density at radius 2 is 1.48 bits per heavy atom. The smallest absolute Gasteiger partial charge is 0.270 e. The lowest BCUT2D eigenvalue weighted by molar-refractivity contribution is -0.122. The van der Waals surface area contributed by atoms with Gasteiger partial charge in [0.05, 0.1) is 5.69 Å². The Morgan fingerprint density at radius 1 is 0.903 bits per heavy atom. The molecule has 0 saturated carbocycles. The zero-order valence-corrected chi connectivity index (χ0v) is 19.7. The van der Waals surface area contributed by atoms with Gasteiger partial charge < -0.3 is 0 Å². The number of amides is 2. The number of benzene rings is 3. The zero-order chi connectivity index (χ0) is 22.0. The van der Waals surface area contributed by atoms with E-state index in [1.165, 1.54) is 10.5 Å². The van der Waals surface area contributed by atoms with E-state index in [0.717, 1.165) is 19.8 Å². The van der Waals surface area contributed by atoms with Crippen molar-refractivity contribution in [3.05, 3.63) is 94.0 Å². The van der Waals surface area contributed by atoms with Crippen LogP contribution in [-0.4, -0.2) is 16.9 Å².